The van der Waals surface area contributed by atoms with Crippen LogP contribution in [0.2, 0.25) is 0 Å². The van der Waals surface area contributed by atoms with E-state index >= 15 is 0 Å². The van der Waals surface area contributed by atoms with Crippen molar-refractivity contribution in [2.75, 3.05) is 0 Å². The predicted molar refractivity (Wildman–Crippen MR) is 63.8 cm³/mol. The fourth-order valence-electron chi connectivity index (χ4n) is 1.24. The fraction of sp³-hybridized carbons (Fsp3) is 0.333. The Balaban J connectivity index is 3.20. The van der Waals surface area contributed by atoms with Crippen molar-refractivity contribution in [3.05, 3.63) is 39.7 Å². The van der Waals surface area contributed by atoms with Crippen molar-refractivity contribution in [1.29, 1.82) is 0 Å². The number of unbranched alkanes of at least 4 members (excludes halogenated alkanes) is 1. The monoisotopic (exact) mass is 278 g/mol. The van der Waals surface area contributed by atoms with Gasteiger partial charge in [-0.3, -0.25) is 14.3 Å². The van der Waals surface area contributed by atoms with Crippen LogP contribution in [0.3, 0.4) is 0 Å². The zero-order valence-electron chi connectivity index (χ0n) is 8.85. The fourth-order valence-corrected chi connectivity index (χ4v) is 2.09. The maximum atomic E-state index is 11.4. The van der Waals surface area contributed by atoms with Crippen molar-refractivity contribution in [3.8, 4) is 0 Å². The van der Waals surface area contributed by atoms with Crippen molar-refractivity contribution in [2.45, 2.75) is 24.3 Å². The van der Waals surface area contributed by atoms with Crippen molar-refractivity contribution in [1.82, 2.24) is 9.55 Å². The second-order valence-corrected chi connectivity index (χ2v) is 5.85. The minimum atomic E-state index is -4.15. The highest BCUT2D eigenvalue weighted by molar-refractivity contribution is 8.13. The van der Waals surface area contributed by atoms with Gasteiger partial charge in [-0.25, -0.2) is 13.2 Å². The Kier molecular flexibility index (Phi) is 4.30. The van der Waals surface area contributed by atoms with Crippen LogP contribution >= 0.6 is 10.7 Å². The lowest BCUT2D eigenvalue weighted by Gasteiger charge is -2.04. The summed E-state index contributed by atoms with van der Waals surface area (Å²) < 4.78 is 23.2. The summed E-state index contributed by atoms with van der Waals surface area (Å²) in [4.78, 5) is 23.9. The second-order valence-electron chi connectivity index (χ2n) is 3.31. The van der Waals surface area contributed by atoms with Crippen LogP contribution in [0.1, 0.15) is 12.8 Å². The molecule has 1 aromatic heterocycles. The summed E-state index contributed by atoms with van der Waals surface area (Å²) in [7, 11) is 0.915. The molecule has 0 saturated carbocycles. The Hall–Kier alpha value is -1.34. The van der Waals surface area contributed by atoms with Crippen LogP contribution in [0.25, 0.3) is 0 Å². The van der Waals surface area contributed by atoms with Gasteiger partial charge in [0.15, 0.2) is 4.90 Å². The first-order chi connectivity index (χ1) is 7.86. The van der Waals surface area contributed by atoms with E-state index in [1.54, 1.807) is 6.08 Å². The Morgan fingerprint density at radius 3 is 2.65 bits per heavy atom. The molecular weight excluding hydrogens is 268 g/mol. The van der Waals surface area contributed by atoms with Crippen molar-refractivity contribution in [3.63, 3.8) is 0 Å². The molecule has 1 heterocycles. The number of allylic oxidation sites excluding steroid dienone is 1. The van der Waals surface area contributed by atoms with Gasteiger partial charge >= 0.3 is 5.69 Å². The first kappa shape index (κ1) is 13.7. The van der Waals surface area contributed by atoms with Gasteiger partial charge in [-0.05, 0) is 12.8 Å². The molecule has 1 rings (SSSR count). The molecule has 0 amide bonds. The van der Waals surface area contributed by atoms with Crippen LogP contribution < -0.4 is 11.2 Å². The normalized spacial score (nSPS) is 11.4. The molecule has 94 valence electrons. The third-order valence-corrected chi connectivity index (χ3v) is 3.36. The number of H-pyrrole nitrogens is 1. The molecule has 6 nitrogen and oxygen atoms in total. The third kappa shape index (κ3) is 3.57. The summed E-state index contributed by atoms with van der Waals surface area (Å²) in [5, 5.41) is 0. The molecule has 0 bridgehead atoms. The molecule has 0 unspecified atom stereocenters. The van der Waals surface area contributed by atoms with Crippen LogP contribution in [-0.4, -0.2) is 18.0 Å². The van der Waals surface area contributed by atoms with Gasteiger partial charge in [-0.15, -0.1) is 6.58 Å². The van der Waals surface area contributed by atoms with Crippen LogP contribution in [0, 0.1) is 0 Å². The molecule has 0 fully saturated rings. The minimum absolute atomic E-state index is 0.279. The molecular formula is C9H11ClN2O4S. The first-order valence-electron chi connectivity index (χ1n) is 4.75. The largest absolute Gasteiger partial charge is 0.328 e. The van der Waals surface area contributed by atoms with Crippen LogP contribution in [0.15, 0.2) is 33.3 Å². The predicted octanol–water partition coefficient (Wildman–Crippen LogP) is 0.430. The highest BCUT2D eigenvalue weighted by atomic mass is 35.7. The van der Waals surface area contributed by atoms with E-state index < -0.39 is 25.2 Å². The van der Waals surface area contributed by atoms with E-state index in [4.69, 9.17) is 10.7 Å². The number of nitrogens with one attached hydrogen (secondary N) is 1. The van der Waals surface area contributed by atoms with Crippen LogP contribution in [-0.2, 0) is 15.6 Å². The molecule has 17 heavy (non-hydrogen) atoms. The highest BCUT2D eigenvalue weighted by Gasteiger charge is 2.16. The van der Waals surface area contributed by atoms with E-state index in [1.165, 1.54) is 0 Å². The Morgan fingerprint density at radius 1 is 1.47 bits per heavy atom. The van der Waals surface area contributed by atoms with E-state index in [1.807, 2.05) is 4.98 Å². The summed E-state index contributed by atoms with van der Waals surface area (Å²) in [6.45, 7) is 3.80. The van der Waals surface area contributed by atoms with E-state index in [9.17, 15) is 18.0 Å². The standard InChI is InChI=1S/C9H11ClN2O4S/c1-2-3-4-5-12-6-7(17(10,15)16)8(13)11-9(12)14/h2,6H,1,3-5H2,(H,11,13,14). The Labute approximate surface area is 102 Å². The van der Waals surface area contributed by atoms with Crippen molar-refractivity contribution < 1.29 is 8.42 Å². The molecule has 1 N–H and O–H groups in total. The molecule has 0 aromatic carbocycles. The van der Waals surface area contributed by atoms with Gasteiger partial charge in [0, 0.05) is 23.4 Å². The molecule has 8 heteroatoms. The lowest BCUT2D eigenvalue weighted by atomic mass is 10.3. The summed E-state index contributed by atoms with van der Waals surface area (Å²) >= 11 is 0. The third-order valence-electron chi connectivity index (χ3n) is 2.05. The number of aromatic nitrogens is 2. The lowest BCUT2D eigenvalue weighted by Crippen LogP contribution is -2.32. The second kappa shape index (κ2) is 5.33. The maximum absolute atomic E-state index is 11.4. The van der Waals surface area contributed by atoms with Gasteiger partial charge in [0.05, 0.1) is 0 Å². The molecule has 0 aliphatic heterocycles. The van der Waals surface area contributed by atoms with Gasteiger partial charge in [0.1, 0.15) is 0 Å². The van der Waals surface area contributed by atoms with Gasteiger partial charge < -0.3 is 0 Å². The Morgan fingerprint density at radius 2 is 2.12 bits per heavy atom. The number of nitrogens with zero attached hydrogens (tertiary/aromatic N) is 1. The van der Waals surface area contributed by atoms with Crippen LogP contribution in [0.5, 0.6) is 0 Å². The van der Waals surface area contributed by atoms with E-state index in [2.05, 4.69) is 6.58 Å². The molecule has 0 aliphatic carbocycles. The van der Waals surface area contributed by atoms with E-state index in [0.29, 0.717) is 12.8 Å². The summed E-state index contributed by atoms with van der Waals surface area (Å²) in [5.74, 6) is 0. The number of halogens is 1. The number of hydrogen-bond donors (Lipinski definition) is 1. The number of aromatic amines is 1. The van der Waals surface area contributed by atoms with Gasteiger partial charge in [-0.1, -0.05) is 6.08 Å². The van der Waals surface area contributed by atoms with Crippen LogP contribution in [0.4, 0.5) is 0 Å². The highest BCUT2D eigenvalue weighted by Crippen LogP contribution is 2.07. The summed E-state index contributed by atoms with van der Waals surface area (Å²) in [6, 6.07) is 0. The average molecular weight is 279 g/mol. The van der Waals surface area contributed by atoms with Gasteiger partial charge in [-0.2, -0.15) is 0 Å². The topological polar surface area (TPSA) is 89.0 Å². The van der Waals surface area contributed by atoms with Gasteiger partial charge in [0.25, 0.3) is 14.6 Å². The maximum Gasteiger partial charge on any atom is 0.328 e. The summed E-state index contributed by atoms with van der Waals surface area (Å²) in [6.07, 6.45) is 3.91. The van der Waals surface area contributed by atoms with Crippen molar-refractivity contribution in [2.24, 2.45) is 0 Å². The molecule has 0 spiro atoms. The lowest BCUT2D eigenvalue weighted by molar-refractivity contribution is 0.585. The minimum Gasteiger partial charge on any atom is -0.299 e. The molecule has 0 atom stereocenters. The molecule has 1 aromatic rings. The van der Waals surface area contributed by atoms with Gasteiger partial charge in [0.2, 0.25) is 0 Å². The molecule has 0 aliphatic rings. The zero-order chi connectivity index (χ0) is 13.1. The quantitative estimate of drug-likeness (QED) is 0.480. The Bertz CT molecular complexity index is 629. The number of hydrogen-bond acceptors (Lipinski definition) is 4. The molecule has 0 saturated heterocycles. The first-order valence-corrected chi connectivity index (χ1v) is 7.06. The summed E-state index contributed by atoms with van der Waals surface area (Å²) in [5.41, 5.74) is -1.67. The van der Waals surface area contributed by atoms with Crippen molar-refractivity contribution >= 4 is 19.7 Å². The SMILES string of the molecule is C=CCCCn1cc(S(=O)(=O)Cl)c(=O)[nH]c1=O. The smallest absolute Gasteiger partial charge is 0.299 e. The zero-order valence-corrected chi connectivity index (χ0v) is 10.4. The van der Waals surface area contributed by atoms with E-state index in [0.717, 1.165) is 10.8 Å². The molecule has 0 radical (unpaired) electrons. The number of aryl methyl sites for hydroxylation is 1. The number of rotatable bonds is 5. The average Bonchev–Trinajstić information content (AvgIpc) is 2.19. The van der Waals surface area contributed by atoms with E-state index in [-0.39, 0.29) is 6.54 Å².